The van der Waals surface area contributed by atoms with Crippen molar-refractivity contribution in [3.8, 4) is 5.75 Å². The summed E-state index contributed by atoms with van der Waals surface area (Å²) < 4.78 is 5.80. The number of rotatable bonds is 7. The van der Waals surface area contributed by atoms with Crippen LogP contribution in [-0.2, 0) is 4.79 Å². The molecule has 156 valence electrons. The van der Waals surface area contributed by atoms with Crippen LogP contribution in [0.1, 0.15) is 23.6 Å². The second-order valence-corrected chi connectivity index (χ2v) is 7.98. The van der Waals surface area contributed by atoms with Crippen molar-refractivity contribution in [3.05, 3.63) is 59.2 Å². The summed E-state index contributed by atoms with van der Waals surface area (Å²) in [6, 6.07) is 14.0. The fourth-order valence-corrected chi connectivity index (χ4v) is 3.95. The quantitative estimate of drug-likeness (QED) is 0.778. The number of hydrogen-bond donors (Lipinski definition) is 1. The summed E-state index contributed by atoms with van der Waals surface area (Å²) in [6.07, 6.45) is 0. The molecule has 0 spiro atoms. The van der Waals surface area contributed by atoms with Crippen molar-refractivity contribution >= 4 is 11.6 Å². The van der Waals surface area contributed by atoms with Gasteiger partial charge in [-0.05, 0) is 51.0 Å². The molecule has 0 aromatic heterocycles. The summed E-state index contributed by atoms with van der Waals surface area (Å²) in [5, 5.41) is 3.15. The summed E-state index contributed by atoms with van der Waals surface area (Å²) in [4.78, 5) is 17.5. The number of amides is 1. The lowest BCUT2D eigenvalue weighted by molar-refractivity contribution is -0.121. The SMILES string of the molecule is Cc1cc(C)c(NC(=O)[C@@H](C)N2CCN(CCOc3ccccc3)CC2)c(C)c1. The van der Waals surface area contributed by atoms with Gasteiger partial charge in [0.15, 0.2) is 0 Å². The molecule has 1 N–H and O–H groups in total. The Hall–Kier alpha value is -2.37. The first kappa shape index (κ1) is 21.3. The van der Waals surface area contributed by atoms with Gasteiger partial charge in [0.25, 0.3) is 0 Å². The number of para-hydroxylation sites is 1. The second kappa shape index (κ2) is 9.90. The minimum Gasteiger partial charge on any atom is -0.492 e. The van der Waals surface area contributed by atoms with Crippen LogP contribution < -0.4 is 10.1 Å². The van der Waals surface area contributed by atoms with E-state index in [2.05, 4.69) is 48.0 Å². The lowest BCUT2D eigenvalue weighted by atomic mass is 10.0. The molecular weight excluding hydrogens is 362 g/mol. The molecule has 2 aromatic rings. The standard InChI is InChI=1S/C24H33N3O2/c1-18-16-19(2)23(20(3)17-18)25-24(28)21(4)27-12-10-26(11-13-27)14-15-29-22-8-6-5-7-9-22/h5-9,16-17,21H,10-15H2,1-4H3,(H,25,28)/t21-/m1/s1. The zero-order valence-electron chi connectivity index (χ0n) is 18.1. The normalized spacial score (nSPS) is 16.4. The van der Waals surface area contributed by atoms with E-state index < -0.39 is 0 Å². The van der Waals surface area contributed by atoms with E-state index in [-0.39, 0.29) is 11.9 Å². The summed E-state index contributed by atoms with van der Waals surface area (Å²) in [6.45, 7) is 13.5. The van der Waals surface area contributed by atoms with E-state index in [9.17, 15) is 4.79 Å². The molecule has 2 aromatic carbocycles. The van der Waals surface area contributed by atoms with Crippen LogP contribution in [0.3, 0.4) is 0 Å². The zero-order chi connectivity index (χ0) is 20.8. The van der Waals surface area contributed by atoms with E-state index in [4.69, 9.17) is 4.74 Å². The van der Waals surface area contributed by atoms with Crippen LogP contribution in [0.25, 0.3) is 0 Å². The molecule has 29 heavy (non-hydrogen) atoms. The number of benzene rings is 2. The van der Waals surface area contributed by atoms with Crippen molar-refractivity contribution in [3.63, 3.8) is 0 Å². The monoisotopic (exact) mass is 395 g/mol. The Morgan fingerprint density at radius 2 is 1.66 bits per heavy atom. The van der Waals surface area contributed by atoms with E-state index in [0.717, 1.165) is 55.3 Å². The van der Waals surface area contributed by atoms with Crippen LogP contribution in [0.5, 0.6) is 5.75 Å². The number of anilines is 1. The Morgan fingerprint density at radius 1 is 1.03 bits per heavy atom. The van der Waals surface area contributed by atoms with Crippen molar-refractivity contribution < 1.29 is 9.53 Å². The molecule has 1 fully saturated rings. The summed E-state index contributed by atoms with van der Waals surface area (Å²) in [5.74, 6) is 0.985. The fourth-order valence-electron chi connectivity index (χ4n) is 3.95. The van der Waals surface area contributed by atoms with Gasteiger partial charge in [0.1, 0.15) is 12.4 Å². The average Bonchev–Trinajstić information content (AvgIpc) is 2.71. The third kappa shape index (κ3) is 5.81. The van der Waals surface area contributed by atoms with Crippen molar-refractivity contribution in [1.82, 2.24) is 9.80 Å². The van der Waals surface area contributed by atoms with Gasteiger partial charge in [0.2, 0.25) is 5.91 Å². The van der Waals surface area contributed by atoms with Crippen molar-refractivity contribution in [1.29, 1.82) is 0 Å². The summed E-state index contributed by atoms with van der Waals surface area (Å²) in [5.41, 5.74) is 4.40. The molecule has 5 heteroatoms. The first-order valence-corrected chi connectivity index (χ1v) is 10.5. The smallest absolute Gasteiger partial charge is 0.241 e. The van der Waals surface area contributed by atoms with Gasteiger partial charge >= 0.3 is 0 Å². The van der Waals surface area contributed by atoms with Gasteiger partial charge in [-0.3, -0.25) is 14.6 Å². The number of piperazine rings is 1. The van der Waals surface area contributed by atoms with E-state index in [1.807, 2.05) is 37.3 Å². The molecular formula is C24H33N3O2. The summed E-state index contributed by atoms with van der Waals surface area (Å²) in [7, 11) is 0. The van der Waals surface area contributed by atoms with Gasteiger partial charge in [0.05, 0.1) is 6.04 Å². The molecule has 1 aliphatic rings. The highest BCUT2D eigenvalue weighted by atomic mass is 16.5. The third-order valence-electron chi connectivity index (χ3n) is 5.68. The first-order valence-electron chi connectivity index (χ1n) is 10.5. The maximum Gasteiger partial charge on any atom is 0.241 e. The topological polar surface area (TPSA) is 44.8 Å². The van der Waals surface area contributed by atoms with Crippen LogP contribution in [0.15, 0.2) is 42.5 Å². The van der Waals surface area contributed by atoms with Crippen LogP contribution in [0.2, 0.25) is 0 Å². The first-order chi connectivity index (χ1) is 13.9. The minimum atomic E-state index is -0.141. The number of hydrogen-bond acceptors (Lipinski definition) is 4. The minimum absolute atomic E-state index is 0.0703. The number of carbonyl (C=O) groups is 1. The van der Waals surface area contributed by atoms with Crippen LogP contribution in [0, 0.1) is 20.8 Å². The summed E-state index contributed by atoms with van der Waals surface area (Å²) >= 11 is 0. The molecule has 1 saturated heterocycles. The van der Waals surface area contributed by atoms with Gasteiger partial charge < -0.3 is 10.1 Å². The highest BCUT2D eigenvalue weighted by Gasteiger charge is 2.26. The van der Waals surface area contributed by atoms with E-state index >= 15 is 0 Å². The number of nitrogens with zero attached hydrogens (tertiary/aromatic N) is 2. The number of aryl methyl sites for hydroxylation is 3. The average molecular weight is 396 g/mol. The molecule has 5 nitrogen and oxygen atoms in total. The van der Waals surface area contributed by atoms with Gasteiger partial charge in [0, 0.05) is 38.4 Å². The lowest BCUT2D eigenvalue weighted by Gasteiger charge is -2.37. The predicted octanol–water partition coefficient (Wildman–Crippen LogP) is 3.64. The molecule has 0 radical (unpaired) electrons. The maximum absolute atomic E-state index is 12.8. The van der Waals surface area contributed by atoms with Crippen molar-refractivity contribution in [2.45, 2.75) is 33.7 Å². The zero-order valence-corrected chi connectivity index (χ0v) is 18.1. The van der Waals surface area contributed by atoms with Crippen LogP contribution in [0.4, 0.5) is 5.69 Å². The molecule has 1 aliphatic heterocycles. The molecule has 0 bridgehead atoms. The predicted molar refractivity (Wildman–Crippen MR) is 119 cm³/mol. The third-order valence-corrected chi connectivity index (χ3v) is 5.68. The van der Waals surface area contributed by atoms with Crippen LogP contribution >= 0.6 is 0 Å². The molecule has 1 amide bonds. The maximum atomic E-state index is 12.8. The van der Waals surface area contributed by atoms with Gasteiger partial charge in [-0.15, -0.1) is 0 Å². The van der Waals surface area contributed by atoms with Gasteiger partial charge in [-0.2, -0.15) is 0 Å². The Bertz CT molecular complexity index is 791. The highest BCUT2D eigenvalue weighted by Crippen LogP contribution is 2.22. The molecule has 1 atom stereocenters. The second-order valence-electron chi connectivity index (χ2n) is 7.98. The Morgan fingerprint density at radius 3 is 2.28 bits per heavy atom. The fraction of sp³-hybridized carbons (Fsp3) is 0.458. The molecule has 0 aliphatic carbocycles. The van der Waals surface area contributed by atoms with Gasteiger partial charge in [-0.1, -0.05) is 35.9 Å². The number of nitrogens with one attached hydrogen (secondary N) is 1. The molecule has 0 unspecified atom stereocenters. The van der Waals surface area contributed by atoms with E-state index in [0.29, 0.717) is 6.61 Å². The van der Waals surface area contributed by atoms with E-state index in [1.54, 1.807) is 0 Å². The van der Waals surface area contributed by atoms with Gasteiger partial charge in [-0.25, -0.2) is 0 Å². The number of carbonyl (C=O) groups excluding carboxylic acids is 1. The number of ether oxygens (including phenoxy) is 1. The lowest BCUT2D eigenvalue weighted by Crippen LogP contribution is -2.53. The Kier molecular flexibility index (Phi) is 7.29. The highest BCUT2D eigenvalue weighted by molar-refractivity contribution is 5.96. The van der Waals surface area contributed by atoms with Crippen LogP contribution in [-0.4, -0.2) is 61.1 Å². The molecule has 0 saturated carbocycles. The Labute approximate surface area is 174 Å². The molecule has 3 rings (SSSR count). The largest absolute Gasteiger partial charge is 0.492 e. The molecule has 1 heterocycles. The van der Waals surface area contributed by atoms with Crippen molar-refractivity contribution in [2.75, 3.05) is 44.6 Å². The Balaban J connectivity index is 1.44. The van der Waals surface area contributed by atoms with Crippen molar-refractivity contribution in [2.24, 2.45) is 0 Å². The van der Waals surface area contributed by atoms with E-state index in [1.165, 1.54) is 5.56 Å².